The quantitative estimate of drug-likeness (QED) is 0.772. The van der Waals surface area contributed by atoms with Crippen LogP contribution in [0.25, 0.3) is 0 Å². The Morgan fingerprint density at radius 1 is 1.17 bits per heavy atom. The lowest BCUT2D eigenvalue weighted by Crippen LogP contribution is -2.50. The third-order valence-electron chi connectivity index (χ3n) is 3.95. The second-order valence-corrected chi connectivity index (χ2v) is 5.45. The smallest absolute Gasteiger partial charge is 0.337 e. The third kappa shape index (κ3) is 4.77. The minimum atomic E-state index is -0.342. The monoisotopic (exact) mass is 320 g/mol. The van der Waals surface area contributed by atoms with Crippen molar-refractivity contribution in [3.05, 3.63) is 35.4 Å². The second kappa shape index (κ2) is 8.64. The van der Waals surface area contributed by atoms with Crippen LogP contribution < -0.4 is 10.6 Å². The number of carbonyl (C=O) groups is 2. The lowest BCUT2D eigenvalue weighted by Gasteiger charge is -2.34. The molecular weight excluding hydrogens is 296 g/mol. The van der Waals surface area contributed by atoms with Crippen LogP contribution in [0, 0.1) is 0 Å². The number of hydrogen-bond donors (Lipinski definition) is 2. The summed E-state index contributed by atoms with van der Waals surface area (Å²) in [5, 5.41) is 6.92. The van der Waals surface area contributed by atoms with Crippen molar-refractivity contribution in [2.75, 3.05) is 26.8 Å². The van der Waals surface area contributed by atoms with Gasteiger partial charge in [-0.1, -0.05) is 12.1 Å². The van der Waals surface area contributed by atoms with E-state index in [2.05, 4.69) is 10.6 Å². The van der Waals surface area contributed by atoms with E-state index in [9.17, 15) is 9.59 Å². The fourth-order valence-electron chi connectivity index (χ4n) is 2.82. The molecule has 0 aromatic heterocycles. The van der Waals surface area contributed by atoms with E-state index in [1.807, 2.05) is 19.1 Å². The minimum absolute atomic E-state index is 0.102. The summed E-state index contributed by atoms with van der Waals surface area (Å²) >= 11 is 0. The maximum absolute atomic E-state index is 11.6. The molecule has 0 saturated carbocycles. The fourth-order valence-corrected chi connectivity index (χ4v) is 2.82. The molecule has 1 fully saturated rings. The lowest BCUT2D eigenvalue weighted by molar-refractivity contribution is -0.143. The molecule has 1 aliphatic rings. The van der Waals surface area contributed by atoms with Crippen molar-refractivity contribution in [2.45, 2.75) is 31.8 Å². The summed E-state index contributed by atoms with van der Waals surface area (Å²) in [5.74, 6) is -0.509. The van der Waals surface area contributed by atoms with E-state index in [0.717, 1.165) is 18.7 Å². The number of carbonyl (C=O) groups excluding carboxylic acids is 2. The molecule has 1 saturated heterocycles. The highest BCUT2D eigenvalue weighted by Gasteiger charge is 2.26. The lowest BCUT2D eigenvalue weighted by atomic mass is 9.93. The first kappa shape index (κ1) is 17.4. The molecule has 2 unspecified atom stereocenters. The van der Waals surface area contributed by atoms with Gasteiger partial charge in [-0.2, -0.15) is 0 Å². The Kier molecular flexibility index (Phi) is 6.55. The van der Waals surface area contributed by atoms with Crippen molar-refractivity contribution in [2.24, 2.45) is 0 Å². The van der Waals surface area contributed by atoms with Gasteiger partial charge < -0.3 is 20.1 Å². The van der Waals surface area contributed by atoms with Crippen LogP contribution in [0.3, 0.4) is 0 Å². The number of methoxy groups -OCH3 is 1. The van der Waals surface area contributed by atoms with E-state index in [0.29, 0.717) is 25.0 Å². The largest absolute Gasteiger partial charge is 0.466 e. The van der Waals surface area contributed by atoms with Gasteiger partial charge in [0.25, 0.3) is 0 Å². The van der Waals surface area contributed by atoms with Gasteiger partial charge in [-0.15, -0.1) is 0 Å². The third-order valence-corrected chi connectivity index (χ3v) is 3.95. The van der Waals surface area contributed by atoms with Crippen molar-refractivity contribution in [3.63, 3.8) is 0 Å². The SMILES string of the molecule is CCOC(=O)CCC1NCCNC1c1ccc(C(=O)OC)cc1. The summed E-state index contributed by atoms with van der Waals surface area (Å²) in [4.78, 5) is 23.1. The molecule has 2 atom stereocenters. The molecule has 0 amide bonds. The summed E-state index contributed by atoms with van der Waals surface area (Å²) in [6.45, 7) is 3.95. The second-order valence-electron chi connectivity index (χ2n) is 5.45. The van der Waals surface area contributed by atoms with Crippen LogP contribution in [-0.4, -0.2) is 44.8 Å². The molecule has 0 radical (unpaired) electrons. The van der Waals surface area contributed by atoms with Crippen molar-refractivity contribution >= 4 is 11.9 Å². The van der Waals surface area contributed by atoms with E-state index >= 15 is 0 Å². The van der Waals surface area contributed by atoms with E-state index in [1.165, 1.54) is 7.11 Å². The molecule has 1 aromatic carbocycles. The zero-order valence-electron chi connectivity index (χ0n) is 13.6. The first-order valence-corrected chi connectivity index (χ1v) is 7.96. The molecule has 6 heteroatoms. The predicted octanol–water partition coefficient (Wildman–Crippen LogP) is 1.42. The average Bonchev–Trinajstić information content (AvgIpc) is 2.60. The van der Waals surface area contributed by atoms with Crippen LogP contribution in [0.2, 0.25) is 0 Å². The van der Waals surface area contributed by atoms with Gasteiger partial charge in [-0.05, 0) is 31.0 Å². The summed E-state index contributed by atoms with van der Waals surface area (Å²) in [5.41, 5.74) is 1.61. The normalized spacial score (nSPS) is 20.8. The number of hydrogen-bond acceptors (Lipinski definition) is 6. The van der Waals surface area contributed by atoms with Crippen LogP contribution in [0.4, 0.5) is 0 Å². The molecule has 23 heavy (non-hydrogen) atoms. The topological polar surface area (TPSA) is 76.7 Å². The first-order valence-electron chi connectivity index (χ1n) is 7.96. The summed E-state index contributed by atoms with van der Waals surface area (Å²) in [6, 6.07) is 7.63. The molecule has 1 aliphatic heterocycles. The average molecular weight is 320 g/mol. The van der Waals surface area contributed by atoms with Gasteiger partial charge in [0.2, 0.25) is 0 Å². The fraction of sp³-hybridized carbons (Fsp3) is 0.529. The molecule has 0 bridgehead atoms. The van der Waals surface area contributed by atoms with Crippen LogP contribution in [0.15, 0.2) is 24.3 Å². The zero-order chi connectivity index (χ0) is 16.7. The standard InChI is InChI=1S/C17H24N2O4/c1-3-23-15(20)9-8-14-16(19-11-10-18-14)12-4-6-13(7-5-12)17(21)22-2/h4-7,14,16,18-19H,3,8-11H2,1-2H3. The van der Waals surface area contributed by atoms with Gasteiger partial charge in [-0.3, -0.25) is 4.79 Å². The van der Waals surface area contributed by atoms with Gasteiger partial charge in [-0.25, -0.2) is 4.79 Å². The maximum atomic E-state index is 11.6. The van der Waals surface area contributed by atoms with Gasteiger partial charge in [0.1, 0.15) is 0 Å². The molecule has 126 valence electrons. The van der Waals surface area contributed by atoms with Gasteiger partial charge in [0, 0.05) is 31.6 Å². The van der Waals surface area contributed by atoms with Crippen LogP contribution in [0.1, 0.15) is 41.7 Å². The Balaban J connectivity index is 2.02. The Morgan fingerprint density at radius 3 is 2.52 bits per heavy atom. The molecule has 1 heterocycles. The van der Waals surface area contributed by atoms with Gasteiger partial charge in [0.05, 0.1) is 19.3 Å². The molecule has 0 aliphatic carbocycles. The van der Waals surface area contributed by atoms with E-state index < -0.39 is 0 Å². The number of piperazine rings is 1. The molecular formula is C17H24N2O4. The number of benzene rings is 1. The van der Waals surface area contributed by atoms with Crippen molar-refractivity contribution in [1.82, 2.24) is 10.6 Å². The van der Waals surface area contributed by atoms with Crippen molar-refractivity contribution in [1.29, 1.82) is 0 Å². The highest BCUT2D eigenvalue weighted by Crippen LogP contribution is 2.23. The molecule has 1 aromatic rings. The highest BCUT2D eigenvalue weighted by atomic mass is 16.5. The summed E-state index contributed by atoms with van der Waals surface area (Å²) in [6.07, 6.45) is 1.10. The highest BCUT2D eigenvalue weighted by molar-refractivity contribution is 5.89. The summed E-state index contributed by atoms with van der Waals surface area (Å²) < 4.78 is 9.70. The predicted molar refractivity (Wildman–Crippen MR) is 86.2 cm³/mol. The van der Waals surface area contributed by atoms with Crippen LogP contribution >= 0.6 is 0 Å². The zero-order valence-corrected chi connectivity index (χ0v) is 13.6. The Labute approximate surface area is 136 Å². The maximum Gasteiger partial charge on any atom is 0.337 e. The minimum Gasteiger partial charge on any atom is -0.466 e. The number of ether oxygens (including phenoxy) is 2. The van der Waals surface area contributed by atoms with E-state index in [1.54, 1.807) is 12.1 Å². The Morgan fingerprint density at radius 2 is 1.87 bits per heavy atom. The number of esters is 2. The van der Waals surface area contributed by atoms with E-state index in [-0.39, 0.29) is 24.0 Å². The molecule has 2 N–H and O–H groups in total. The van der Waals surface area contributed by atoms with Gasteiger partial charge in [0.15, 0.2) is 0 Å². The van der Waals surface area contributed by atoms with Crippen molar-refractivity contribution < 1.29 is 19.1 Å². The molecule has 2 rings (SSSR count). The number of rotatable bonds is 6. The molecule has 0 spiro atoms. The van der Waals surface area contributed by atoms with Crippen LogP contribution in [0.5, 0.6) is 0 Å². The van der Waals surface area contributed by atoms with Gasteiger partial charge >= 0.3 is 11.9 Å². The Hall–Kier alpha value is -1.92. The molecule has 6 nitrogen and oxygen atoms in total. The first-order chi connectivity index (χ1) is 11.2. The van der Waals surface area contributed by atoms with Crippen molar-refractivity contribution in [3.8, 4) is 0 Å². The summed E-state index contributed by atoms with van der Waals surface area (Å²) in [7, 11) is 1.37. The van der Waals surface area contributed by atoms with Crippen LogP contribution in [-0.2, 0) is 14.3 Å². The Bertz CT molecular complexity index is 530. The number of nitrogens with one attached hydrogen (secondary N) is 2. The van der Waals surface area contributed by atoms with E-state index in [4.69, 9.17) is 9.47 Å².